The summed E-state index contributed by atoms with van der Waals surface area (Å²) in [6.07, 6.45) is 2.46. The van der Waals surface area contributed by atoms with E-state index < -0.39 is 5.69 Å². The van der Waals surface area contributed by atoms with E-state index in [9.17, 15) is 4.79 Å². The SMILES string of the molecule is O=c1nc(NCCc2ccccn2)nc(Nc2ccc3ncsc3c2)[nH]1. The smallest absolute Gasteiger partial charge is 0.351 e. The number of hydrogen-bond donors (Lipinski definition) is 3. The number of nitrogens with zero attached hydrogens (tertiary/aromatic N) is 4. The molecule has 3 aromatic heterocycles. The fraction of sp³-hybridized carbons (Fsp3) is 0.118. The predicted octanol–water partition coefficient (Wildman–Crippen LogP) is 2.57. The number of hydrogen-bond acceptors (Lipinski definition) is 8. The van der Waals surface area contributed by atoms with Crippen LogP contribution in [0, 0.1) is 0 Å². The van der Waals surface area contributed by atoms with Crippen molar-refractivity contribution in [1.29, 1.82) is 0 Å². The summed E-state index contributed by atoms with van der Waals surface area (Å²) in [7, 11) is 0. The minimum Gasteiger partial charge on any atom is -0.354 e. The molecule has 0 bridgehead atoms. The van der Waals surface area contributed by atoms with Gasteiger partial charge in [0.2, 0.25) is 11.9 Å². The van der Waals surface area contributed by atoms with E-state index >= 15 is 0 Å². The van der Waals surface area contributed by atoms with Gasteiger partial charge in [-0.15, -0.1) is 11.3 Å². The topological polar surface area (TPSA) is 108 Å². The van der Waals surface area contributed by atoms with Crippen LogP contribution in [0.1, 0.15) is 5.69 Å². The molecule has 1 aromatic carbocycles. The largest absolute Gasteiger partial charge is 0.354 e. The summed E-state index contributed by atoms with van der Waals surface area (Å²) in [5, 5.41) is 6.15. The van der Waals surface area contributed by atoms with Gasteiger partial charge in [0, 0.05) is 30.5 Å². The normalized spacial score (nSPS) is 10.8. The molecule has 4 aromatic rings. The molecule has 4 rings (SSSR count). The minimum absolute atomic E-state index is 0.269. The first-order chi connectivity index (χ1) is 12.8. The van der Waals surface area contributed by atoms with Crippen LogP contribution in [0.5, 0.6) is 0 Å². The molecule has 0 aliphatic heterocycles. The number of H-pyrrole nitrogens is 1. The maximum atomic E-state index is 11.8. The Morgan fingerprint density at radius 2 is 2.08 bits per heavy atom. The molecule has 0 unspecified atom stereocenters. The molecule has 0 saturated carbocycles. The highest BCUT2D eigenvalue weighted by atomic mass is 32.1. The highest BCUT2D eigenvalue weighted by Crippen LogP contribution is 2.23. The van der Waals surface area contributed by atoms with E-state index in [1.54, 1.807) is 23.0 Å². The summed E-state index contributed by atoms with van der Waals surface area (Å²) in [5.41, 5.74) is 4.04. The minimum atomic E-state index is -0.471. The molecule has 8 nitrogen and oxygen atoms in total. The highest BCUT2D eigenvalue weighted by Gasteiger charge is 2.05. The van der Waals surface area contributed by atoms with Crippen molar-refractivity contribution in [2.24, 2.45) is 0 Å². The number of nitrogens with one attached hydrogen (secondary N) is 3. The maximum Gasteiger partial charge on any atom is 0.351 e. The van der Waals surface area contributed by atoms with Crippen molar-refractivity contribution in [3.05, 3.63) is 64.3 Å². The second-order valence-corrected chi connectivity index (χ2v) is 6.37. The monoisotopic (exact) mass is 365 g/mol. The number of aromatic nitrogens is 5. The molecule has 0 atom stereocenters. The van der Waals surface area contributed by atoms with E-state index in [0.29, 0.717) is 18.9 Å². The van der Waals surface area contributed by atoms with Crippen LogP contribution in [0.2, 0.25) is 0 Å². The molecule has 26 heavy (non-hydrogen) atoms. The quantitative estimate of drug-likeness (QED) is 0.482. The van der Waals surface area contributed by atoms with Crippen molar-refractivity contribution in [3.63, 3.8) is 0 Å². The first-order valence-electron chi connectivity index (χ1n) is 7.99. The third kappa shape index (κ3) is 3.83. The molecular formula is C17H15N7OS. The molecular weight excluding hydrogens is 350 g/mol. The van der Waals surface area contributed by atoms with Gasteiger partial charge in [0.25, 0.3) is 0 Å². The number of thiazole rings is 1. The molecule has 0 saturated heterocycles. The third-order valence-electron chi connectivity index (χ3n) is 3.63. The van der Waals surface area contributed by atoms with Gasteiger partial charge in [-0.1, -0.05) is 6.07 Å². The summed E-state index contributed by atoms with van der Waals surface area (Å²) in [6, 6.07) is 11.5. The summed E-state index contributed by atoms with van der Waals surface area (Å²) in [6.45, 7) is 0.576. The second kappa shape index (κ2) is 7.28. The van der Waals surface area contributed by atoms with Gasteiger partial charge in [-0.3, -0.25) is 9.97 Å². The van der Waals surface area contributed by atoms with Crippen molar-refractivity contribution in [2.75, 3.05) is 17.2 Å². The van der Waals surface area contributed by atoms with Gasteiger partial charge in [0.05, 0.1) is 15.7 Å². The third-order valence-corrected chi connectivity index (χ3v) is 4.43. The maximum absolute atomic E-state index is 11.8. The fourth-order valence-electron chi connectivity index (χ4n) is 2.44. The molecule has 0 aliphatic carbocycles. The van der Waals surface area contributed by atoms with Gasteiger partial charge in [-0.05, 0) is 30.3 Å². The molecule has 0 aliphatic rings. The van der Waals surface area contributed by atoms with Crippen LogP contribution >= 0.6 is 11.3 Å². The number of pyridine rings is 1. The van der Waals surface area contributed by atoms with Crippen molar-refractivity contribution < 1.29 is 0 Å². The molecule has 0 radical (unpaired) electrons. The van der Waals surface area contributed by atoms with Crippen LogP contribution in [-0.2, 0) is 6.42 Å². The standard InChI is InChI=1S/C17H15N7OS/c25-17-23-15(19-8-6-11-3-1-2-7-18-11)22-16(24-17)21-12-4-5-13-14(9-12)26-10-20-13/h1-5,7,9-10H,6,8H2,(H3,19,21,22,23,24,25). The van der Waals surface area contributed by atoms with Crippen molar-refractivity contribution >= 4 is 39.1 Å². The highest BCUT2D eigenvalue weighted by molar-refractivity contribution is 7.16. The Kier molecular flexibility index (Phi) is 4.52. The molecule has 130 valence electrons. The Morgan fingerprint density at radius 1 is 1.12 bits per heavy atom. The summed E-state index contributed by atoms with van der Waals surface area (Å²) in [5.74, 6) is 0.597. The van der Waals surface area contributed by atoms with E-state index in [0.717, 1.165) is 21.6 Å². The van der Waals surface area contributed by atoms with E-state index in [2.05, 4.69) is 35.6 Å². The number of fused-ring (bicyclic) bond motifs is 1. The van der Waals surface area contributed by atoms with E-state index in [1.807, 2.05) is 36.4 Å². The fourth-order valence-corrected chi connectivity index (χ4v) is 3.16. The van der Waals surface area contributed by atoms with Gasteiger partial charge in [0.1, 0.15) is 0 Å². The van der Waals surface area contributed by atoms with Crippen molar-refractivity contribution in [3.8, 4) is 0 Å². The average molecular weight is 365 g/mol. The lowest BCUT2D eigenvalue weighted by Gasteiger charge is -2.08. The second-order valence-electron chi connectivity index (χ2n) is 5.48. The van der Waals surface area contributed by atoms with Gasteiger partial charge >= 0.3 is 5.69 Å². The predicted molar refractivity (Wildman–Crippen MR) is 102 cm³/mol. The van der Waals surface area contributed by atoms with Gasteiger partial charge in [-0.25, -0.2) is 9.78 Å². The number of anilines is 3. The van der Waals surface area contributed by atoms with Gasteiger partial charge in [0.15, 0.2) is 0 Å². The Hall–Kier alpha value is -3.33. The zero-order valence-corrected chi connectivity index (χ0v) is 14.5. The first kappa shape index (κ1) is 16.2. The summed E-state index contributed by atoms with van der Waals surface area (Å²) >= 11 is 1.55. The van der Waals surface area contributed by atoms with Crippen LogP contribution in [0.25, 0.3) is 10.2 Å². The van der Waals surface area contributed by atoms with Crippen molar-refractivity contribution in [2.45, 2.75) is 6.42 Å². The van der Waals surface area contributed by atoms with Crippen LogP contribution in [0.3, 0.4) is 0 Å². The molecule has 3 heterocycles. The lowest BCUT2D eigenvalue weighted by atomic mass is 10.3. The van der Waals surface area contributed by atoms with Gasteiger partial charge in [-0.2, -0.15) is 9.97 Å². The lowest BCUT2D eigenvalue weighted by molar-refractivity contribution is 0.919. The molecule has 0 spiro atoms. The Morgan fingerprint density at radius 3 is 2.96 bits per heavy atom. The molecule has 0 amide bonds. The van der Waals surface area contributed by atoms with Crippen molar-refractivity contribution in [1.82, 2.24) is 24.9 Å². The Balaban J connectivity index is 1.46. The Labute approximate surface area is 152 Å². The summed E-state index contributed by atoms with van der Waals surface area (Å²) in [4.78, 5) is 31.0. The van der Waals surface area contributed by atoms with Crippen LogP contribution in [-0.4, -0.2) is 31.5 Å². The zero-order chi connectivity index (χ0) is 17.8. The number of rotatable bonds is 6. The van der Waals surface area contributed by atoms with E-state index in [1.165, 1.54) is 0 Å². The van der Waals surface area contributed by atoms with E-state index in [4.69, 9.17) is 0 Å². The summed E-state index contributed by atoms with van der Waals surface area (Å²) < 4.78 is 1.06. The van der Waals surface area contributed by atoms with Gasteiger partial charge < -0.3 is 10.6 Å². The molecule has 3 N–H and O–H groups in total. The van der Waals surface area contributed by atoms with E-state index in [-0.39, 0.29) is 5.95 Å². The average Bonchev–Trinajstić information content (AvgIpc) is 3.10. The zero-order valence-electron chi connectivity index (χ0n) is 13.6. The molecule has 0 fully saturated rings. The van der Waals surface area contributed by atoms with Crippen LogP contribution < -0.4 is 16.3 Å². The lowest BCUT2D eigenvalue weighted by Crippen LogP contribution is -2.19. The van der Waals surface area contributed by atoms with Crippen LogP contribution in [0.15, 0.2) is 52.9 Å². The molecule has 9 heteroatoms. The number of benzene rings is 1. The number of aromatic amines is 1. The Bertz CT molecular complexity index is 1080. The van der Waals surface area contributed by atoms with Crippen LogP contribution in [0.4, 0.5) is 17.6 Å². The first-order valence-corrected chi connectivity index (χ1v) is 8.87.